The van der Waals surface area contributed by atoms with Gasteiger partial charge in [-0.05, 0) is 31.0 Å². The zero-order chi connectivity index (χ0) is 14.0. The first-order valence-corrected chi connectivity index (χ1v) is 7.51. The maximum Gasteiger partial charge on any atom is 0.243 e. The molecule has 1 aliphatic heterocycles. The van der Waals surface area contributed by atoms with Crippen molar-refractivity contribution >= 4 is 15.7 Å². The Hall–Kier alpha value is -1.31. The highest BCUT2D eigenvalue weighted by Gasteiger charge is 2.34. The van der Waals surface area contributed by atoms with Crippen molar-refractivity contribution in [1.82, 2.24) is 4.31 Å². The minimum Gasteiger partial charge on any atom is -0.495 e. The van der Waals surface area contributed by atoms with Crippen LogP contribution in [0.5, 0.6) is 5.75 Å². The third-order valence-corrected chi connectivity index (χ3v) is 5.29. The molecule has 0 saturated carbocycles. The van der Waals surface area contributed by atoms with Crippen LogP contribution in [0.1, 0.15) is 12.8 Å². The summed E-state index contributed by atoms with van der Waals surface area (Å²) in [6.45, 7) is 0.268. The Morgan fingerprint density at radius 3 is 2.84 bits per heavy atom. The van der Waals surface area contributed by atoms with Crippen molar-refractivity contribution in [3.8, 4) is 5.75 Å². The standard InChI is InChI=1S/C12H18N2O4S/c1-18-12-5-4-10(7-11(12)13)19(16,17)14-6-2-3-9(14)8-15/h4-5,7,9,15H,2-3,6,8,13H2,1H3/t9-/m0/s1. The van der Waals surface area contributed by atoms with Crippen LogP contribution in [0.4, 0.5) is 5.69 Å². The van der Waals surface area contributed by atoms with E-state index in [0.717, 1.165) is 6.42 Å². The number of aliphatic hydroxyl groups is 1. The van der Waals surface area contributed by atoms with Crippen molar-refractivity contribution in [2.45, 2.75) is 23.8 Å². The van der Waals surface area contributed by atoms with Gasteiger partial charge in [-0.3, -0.25) is 0 Å². The van der Waals surface area contributed by atoms with Crippen LogP contribution < -0.4 is 10.5 Å². The lowest BCUT2D eigenvalue weighted by Gasteiger charge is -2.22. The van der Waals surface area contributed by atoms with Gasteiger partial charge in [0.25, 0.3) is 0 Å². The topological polar surface area (TPSA) is 92.9 Å². The number of sulfonamides is 1. The van der Waals surface area contributed by atoms with Crippen molar-refractivity contribution in [1.29, 1.82) is 0 Å². The van der Waals surface area contributed by atoms with Crippen molar-refractivity contribution in [3.05, 3.63) is 18.2 Å². The normalized spacial score (nSPS) is 20.6. The molecule has 1 heterocycles. The molecule has 1 aliphatic rings. The van der Waals surface area contributed by atoms with E-state index in [2.05, 4.69) is 0 Å². The summed E-state index contributed by atoms with van der Waals surface area (Å²) in [4.78, 5) is 0.131. The van der Waals surface area contributed by atoms with Crippen molar-refractivity contribution in [2.24, 2.45) is 0 Å². The van der Waals surface area contributed by atoms with Gasteiger partial charge in [-0.25, -0.2) is 8.42 Å². The van der Waals surface area contributed by atoms with E-state index in [4.69, 9.17) is 10.5 Å². The number of anilines is 1. The SMILES string of the molecule is COc1ccc(S(=O)(=O)N2CCC[C@H]2CO)cc1N. The zero-order valence-electron chi connectivity index (χ0n) is 10.7. The number of hydrogen-bond donors (Lipinski definition) is 2. The number of ether oxygens (including phenoxy) is 1. The molecule has 1 saturated heterocycles. The maximum atomic E-state index is 12.5. The van der Waals surface area contributed by atoms with Crippen molar-refractivity contribution in [2.75, 3.05) is 26.0 Å². The largest absolute Gasteiger partial charge is 0.495 e. The van der Waals surface area contributed by atoms with Gasteiger partial charge in [0.2, 0.25) is 10.0 Å². The van der Waals surface area contributed by atoms with Gasteiger partial charge in [-0.1, -0.05) is 0 Å². The lowest BCUT2D eigenvalue weighted by atomic mass is 10.2. The Bertz CT molecular complexity index is 559. The molecule has 7 heteroatoms. The van der Waals surface area contributed by atoms with Crippen molar-refractivity contribution < 1.29 is 18.3 Å². The molecule has 0 spiro atoms. The van der Waals surface area contributed by atoms with Crippen LogP contribution in [0.15, 0.2) is 23.1 Å². The van der Waals surface area contributed by atoms with Crippen LogP contribution in [-0.4, -0.2) is 44.1 Å². The van der Waals surface area contributed by atoms with Crippen LogP contribution in [0.2, 0.25) is 0 Å². The Morgan fingerprint density at radius 1 is 1.53 bits per heavy atom. The highest BCUT2D eigenvalue weighted by Crippen LogP contribution is 2.29. The molecule has 0 unspecified atom stereocenters. The van der Waals surface area contributed by atoms with Crippen LogP contribution in [0.3, 0.4) is 0 Å². The number of rotatable bonds is 4. The van der Waals surface area contributed by atoms with Gasteiger partial charge in [0.05, 0.1) is 24.3 Å². The monoisotopic (exact) mass is 286 g/mol. The van der Waals surface area contributed by atoms with Gasteiger partial charge in [0, 0.05) is 12.6 Å². The highest BCUT2D eigenvalue weighted by molar-refractivity contribution is 7.89. The second kappa shape index (κ2) is 5.36. The molecule has 1 atom stereocenters. The second-order valence-electron chi connectivity index (χ2n) is 4.50. The third-order valence-electron chi connectivity index (χ3n) is 3.34. The van der Waals surface area contributed by atoms with Crippen LogP contribution in [0, 0.1) is 0 Å². The average molecular weight is 286 g/mol. The fraction of sp³-hybridized carbons (Fsp3) is 0.500. The highest BCUT2D eigenvalue weighted by atomic mass is 32.2. The Labute approximate surface area is 112 Å². The number of hydrogen-bond acceptors (Lipinski definition) is 5. The summed E-state index contributed by atoms with van der Waals surface area (Å²) in [5, 5.41) is 9.23. The van der Waals surface area contributed by atoms with Gasteiger partial charge in [0.15, 0.2) is 0 Å². The van der Waals surface area contributed by atoms with E-state index in [1.54, 1.807) is 0 Å². The molecular formula is C12H18N2O4S. The van der Waals surface area contributed by atoms with E-state index >= 15 is 0 Å². The van der Waals surface area contributed by atoms with Crippen molar-refractivity contribution in [3.63, 3.8) is 0 Å². The number of nitrogens with two attached hydrogens (primary N) is 1. The molecule has 1 aromatic rings. The number of nitrogen functional groups attached to an aromatic ring is 1. The fourth-order valence-corrected chi connectivity index (χ4v) is 4.04. The molecule has 0 aromatic heterocycles. The molecule has 106 valence electrons. The predicted octanol–water partition coefficient (Wildman–Crippen LogP) is 0.423. The average Bonchev–Trinajstić information content (AvgIpc) is 2.87. The lowest BCUT2D eigenvalue weighted by molar-refractivity contribution is 0.213. The minimum absolute atomic E-state index is 0.131. The van der Waals surface area contributed by atoms with E-state index in [1.807, 2.05) is 0 Å². The molecule has 0 aliphatic carbocycles. The van der Waals surface area contributed by atoms with Crippen LogP contribution >= 0.6 is 0 Å². The van der Waals surface area contributed by atoms with E-state index in [9.17, 15) is 13.5 Å². The number of benzene rings is 1. The van der Waals surface area contributed by atoms with Crippen LogP contribution in [-0.2, 0) is 10.0 Å². The third kappa shape index (κ3) is 2.54. The molecule has 6 nitrogen and oxygen atoms in total. The summed E-state index contributed by atoms with van der Waals surface area (Å²) in [5.41, 5.74) is 6.02. The van der Waals surface area contributed by atoms with Gasteiger partial charge in [-0.15, -0.1) is 0 Å². The first kappa shape index (κ1) is 14.1. The molecule has 19 heavy (non-hydrogen) atoms. The second-order valence-corrected chi connectivity index (χ2v) is 6.39. The molecule has 0 bridgehead atoms. The van der Waals surface area contributed by atoms with Gasteiger partial charge in [0.1, 0.15) is 5.75 Å². The molecule has 2 rings (SSSR count). The molecule has 1 fully saturated rings. The molecular weight excluding hydrogens is 268 g/mol. The zero-order valence-corrected chi connectivity index (χ0v) is 11.6. The summed E-state index contributed by atoms with van der Waals surface area (Å²) in [7, 11) is -2.14. The molecule has 0 amide bonds. The van der Waals surface area contributed by atoms with E-state index in [-0.39, 0.29) is 23.2 Å². The summed E-state index contributed by atoms with van der Waals surface area (Å²) in [5.74, 6) is 0.444. The minimum atomic E-state index is -3.61. The molecule has 1 aromatic carbocycles. The quantitative estimate of drug-likeness (QED) is 0.783. The Balaban J connectivity index is 2.37. The first-order chi connectivity index (χ1) is 9.00. The summed E-state index contributed by atoms with van der Waals surface area (Å²) in [6, 6.07) is 4.05. The van der Waals surface area contributed by atoms with Gasteiger partial charge >= 0.3 is 0 Å². The smallest absolute Gasteiger partial charge is 0.243 e. The Kier molecular flexibility index (Phi) is 3.98. The molecule has 0 radical (unpaired) electrons. The lowest BCUT2D eigenvalue weighted by Crippen LogP contribution is -2.37. The van der Waals surface area contributed by atoms with Gasteiger partial charge < -0.3 is 15.6 Å². The van der Waals surface area contributed by atoms with E-state index in [1.165, 1.54) is 29.6 Å². The fourth-order valence-electron chi connectivity index (χ4n) is 2.32. The summed E-state index contributed by atoms with van der Waals surface area (Å²) < 4.78 is 31.3. The predicted molar refractivity (Wildman–Crippen MR) is 71.4 cm³/mol. The Morgan fingerprint density at radius 2 is 2.26 bits per heavy atom. The van der Waals surface area contributed by atoms with E-state index in [0.29, 0.717) is 18.7 Å². The maximum absolute atomic E-state index is 12.5. The number of nitrogens with zero attached hydrogens (tertiary/aromatic N) is 1. The summed E-state index contributed by atoms with van der Waals surface area (Å²) >= 11 is 0. The molecule has 3 N–H and O–H groups in total. The number of methoxy groups -OCH3 is 1. The van der Waals surface area contributed by atoms with Crippen LogP contribution in [0.25, 0.3) is 0 Å². The summed E-state index contributed by atoms with van der Waals surface area (Å²) in [6.07, 6.45) is 1.44. The number of aliphatic hydroxyl groups excluding tert-OH is 1. The first-order valence-electron chi connectivity index (χ1n) is 6.07. The van der Waals surface area contributed by atoms with Gasteiger partial charge in [-0.2, -0.15) is 4.31 Å². The van der Waals surface area contributed by atoms with E-state index < -0.39 is 10.0 Å².